The van der Waals surface area contributed by atoms with E-state index >= 15 is 0 Å². The number of hydrogen-bond donors (Lipinski definition) is 0. The van der Waals surface area contributed by atoms with Crippen molar-refractivity contribution in [3.05, 3.63) is 35.4 Å². The fourth-order valence-electron chi connectivity index (χ4n) is 2.72. The third-order valence-corrected chi connectivity index (χ3v) is 3.70. The average Bonchev–Trinajstić information content (AvgIpc) is 2.56. The summed E-state index contributed by atoms with van der Waals surface area (Å²) in [5.41, 5.74) is 2.19. The van der Waals surface area contributed by atoms with Crippen molar-refractivity contribution in [3.63, 3.8) is 0 Å². The van der Waals surface area contributed by atoms with E-state index in [9.17, 15) is 4.79 Å². The SMILES string of the molecule is CCOCCCC1CCCc2ccccc2C1=O. The standard InChI is InChI=1S/C16H22O2/c1-2-18-12-6-10-14-9-5-8-13-7-3-4-11-15(13)16(14)17/h3-4,7,11,14H,2,5-6,8-10,12H2,1H3. The maximum absolute atomic E-state index is 12.5. The van der Waals surface area contributed by atoms with Gasteiger partial charge >= 0.3 is 0 Å². The molecule has 1 atom stereocenters. The Labute approximate surface area is 109 Å². The summed E-state index contributed by atoms with van der Waals surface area (Å²) in [6.07, 6.45) is 5.16. The number of Topliss-reactive ketones (excluding diaryl/α,β-unsaturated/α-hetero) is 1. The third kappa shape index (κ3) is 3.20. The van der Waals surface area contributed by atoms with Gasteiger partial charge in [0, 0.05) is 24.7 Å². The van der Waals surface area contributed by atoms with Crippen LogP contribution in [0, 0.1) is 5.92 Å². The van der Waals surface area contributed by atoms with Gasteiger partial charge < -0.3 is 4.74 Å². The van der Waals surface area contributed by atoms with Crippen LogP contribution >= 0.6 is 0 Å². The zero-order valence-corrected chi connectivity index (χ0v) is 11.2. The molecule has 2 heteroatoms. The summed E-state index contributed by atoms with van der Waals surface area (Å²) in [6.45, 7) is 3.55. The molecule has 2 nitrogen and oxygen atoms in total. The first-order chi connectivity index (χ1) is 8.83. The van der Waals surface area contributed by atoms with E-state index in [2.05, 4.69) is 6.07 Å². The molecule has 0 saturated heterocycles. The summed E-state index contributed by atoms with van der Waals surface area (Å²) in [7, 11) is 0. The summed E-state index contributed by atoms with van der Waals surface area (Å²) in [5.74, 6) is 0.550. The van der Waals surface area contributed by atoms with Crippen LogP contribution in [-0.2, 0) is 11.2 Å². The largest absolute Gasteiger partial charge is 0.382 e. The van der Waals surface area contributed by atoms with Crippen molar-refractivity contribution in [3.8, 4) is 0 Å². The molecular formula is C16H22O2. The number of fused-ring (bicyclic) bond motifs is 1. The van der Waals surface area contributed by atoms with Gasteiger partial charge in [-0.05, 0) is 44.6 Å². The van der Waals surface area contributed by atoms with Gasteiger partial charge in [-0.25, -0.2) is 0 Å². The van der Waals surface area contributed by atoms with Crippen LogP contribution < -0.4 is 0 Å². The first-order valence-electron chi connectivity index (χ1n) is 7.02. The summed E-state index contributed by atoms with van der Waals surface area (Å²) in [5, 5.41) is 0. The summed E-state index contributed by atoms with van der Waals surface area (Å²) in [4.78, 5) is 12.5. The number of rotatable bonds is 5. The van der Waals surface area contributed by atoms with Crippen molar-refractivity contribution in [2.75, 3.05) is 13.2 Å². The fraction of sp³-hybridized carbons (Fsp3) is 0.562. The molecule has 0 saturated carbocycles. The lowest BCUT2D eigenvalue weighted by Crippen LogP contribution is -2.14. The predicted octanol–water partition coefficient (Wildman–Crippen LogP) is 3.64. The van der Waals surface area contributed by atoms with E-state index in [4.69, 9.17) is 4.74 Å². The molecule has 1 aromatic carbocycles. The molecule has 0 aliphatic heterocycles. The minimum atomic E-state index is 0.203. The Bertz CT molecular complexity index is 398. The van der Waals surface area contributed by atoms with Gasteiger partial charge in [-0.2, -0.15) is 0 Å². The number of hydrogen-bond acceptors (Lipinski definition) is 2. The van der Waals surface area contributed by atoms with Gasteiger partial charge in [-0.3, -0.25) is 4.79 Å². The number of ether oxygens (including phenoxy) is 1. The Morgan fingerprint density at radius 1 is 1.33 bits per heavy atom. The quantitative estimate of drug-likeness (QED) is 0.585. The summed E-state index contributed by atoms with van der Waals surface area (Å²) in [6, 6.07) is 8.08. The highest BCUT2D eigenvalue weighted by atomic mass is 16.5. The van der Waals surface area contributed by atoms with Gasteiger partial charge in [0.25, 0.3) is 0 Å². The highest BCUT2D eigenvalue weighted by molar-refractivity contribution is 5.99. The lowest BCUT2D eigenvalue weighted by molar-refractivity contribution is 0.0889. The van der Waals surface area contributed by atoms with Gasteiger partial charge in [0.15, 0.2) is 5.78 Å². The number of benzene rings is 1. The Morgan fingerprint density at radius 3 is 3.00 bits per heavy atom. The molecule has 98 valence electrons. The molecule has 1 aliphatic rings. The van der Waals surface area contributed by atoms with Gasteiger partial charge in [-0.1, -0.05) is 24.3 Å². The van der Waals surface area contributed by atoms with E-state index in [0.717, 1.165) is 50.9 Å². The topological polar surface area (TPSA) is 26.3 Å². The molecule has 0 heterocycles. The Hall–Kier alpha value is -1.15. The molecule has 18 heavy (non-hydrogen) atoms. The number of carbonyl (C=O) groups excluding carboxylic acids is 1. The Kier molecular flexibility index (Phi) is 4.94. The predicted molar refractivity (Wildman–Crippen MR) is 72.9 cm³/mol. The maximum atomic E-state index is 12.5. The van der Waals surface area contributed by atoms with Crippen LogP contribution in [0.15, 0.2) is 24.3 Å². The molecule has 0 radical (unpaired) electrons. The monoisotopic (exact) mass is 246 g/mol. The molecule has 0 N–H and O–H groups in total. The second-order valence-corrected chi connectivity index (χ2v) is 4.95. The molecule has 0 spiro atoms. The molecule has 2 rings (SSSR count). The average molecular weight is 246 g/mol. The molecule has 0 amide bonds. The molecule has 1 aliphatic carbocycles. The minimum absolute atomic E-state index is 0.203. The molecule has 0 aromatic heterocycles. The number of aryl methyl sites for hydroxylation is 1. The van der Waals surface area contributed by atoms with Crippen LogP contribution in [0.4, 0.5) is 0 Å². The van der Waals surface area contributed by atoms with Gasteiger partial charge in [0.05, 0.1) is 0 Å². The van der Waals surface area contributed by atoms with Crippen molar-refractivity contribution in [1.82, 2.24) is 0 Å². The molecule has 1 aromatic rings. The zero-order chi connectivity index (χ0) is 12.8. The van der Waals surface area contributed by atoms with Gasteiger partial charge in [0.2, 0.25) is 0 Å². The van der Waals surface area contributed by atoms with Crippen molar-refractivity contribution in [2.24, 2.45) is 5.92 Å². The van der Waals surface area contributed by atoms with Crippen molar-refractivity contribution >= 4 is 5.78 Å². The van der Waals surface area contributed by atoms with Crippen molar-refractivity contribution in [2.45, 2.75) is 39.0 Å². The number of ketones is 1. The molecule has 0 bridgehead atoms. The minimum Gasteiger partial charge on any atom is -0.382 e. The highest BCUT2D eigenvalue weighted by Crippen LogP contribution is 2.27. The van der Waals surface area contributed by atoms with E-state index in [-0.39, 0.29) is 5.92 Å². The smallest absolute Gasteiger partial charge is 0.166 e. The highest BCUT2D eigenvalue weighted by Gasteiger charge is 2.24. The Morgan fingerprint density at radius 2 is 2.17 bits per heavy atom. The molecule has 1 unspecified atom stereocenters. The second-order valence-electron chi connectivity index (χ2n) is 4.95. The first kappa shape index (κ1) is 13.3. The zero-order valence-electron chi connectivity index (χ0n) is 11.2. The van der Waals surface area contributed by atoms with E-state index in [1.54, 1.807) is 0 Å². The van der Waals surface area contributed by atoms with Crippen LogP contribution in [-0.4, -0.2) is 19.0 Å². The van der Waals surface area contributed by atoms with Crippen LogP contribution in [0.1, 0.15) is 48.5 Å². The lowest BCUT2D eigenvalue weighted by atomic mass is 9.91. The van der Waals surface area contributed by atoms with Crippen LogP contribution in [0.25, 0.3) is 0 Å². The van der Waals surface area contributed by atoms with Gasteiger partial charge in [-0.15, -0.1) is 0 Å². The van der Waals surface area contributed by atoms with E-state index in [1.165, 1.54) is 5.56 Å². The fourth-order valence-corrected chi connectivity index (χ4v) is 2.72. The van der Waals surface area contributed by atoms with E-state index < -0.39 is 0 Å². The summed E-state index contributed by atoms with van der Waals surface area (Å²) < 4.78 is 5.35. The summed E-state index contributed by atoms with van der Waals surface area (Å²) >= 11 is 0. The molecular weight excluding hydrogens is 224 g/mol. The normalized spacial score (nSPS) is 19.4. The first-order valence-corrected chi connectivity index (χ1v) is 7.02. The maximum Gasteiger partial charge on any atom is 0.166 e. The molecule has 0 fully saturated rings. The van der Waals surface area contributed by atoms with Crippen molar-refractivity contribution in [1.29, 1.82) is 0 Å². The van der Waals surface area contributed by atoms with Gasteiger partial charge in [0.1, 0.15) is 0 Å². The van der Waals surface area contributed by atoms with Crippen LogP contribution in [0.3, 0.4) is 0 Å². The van der Waals surface area contributed by atoms with E-state index in [1.807, 2.05) is 25.1 Å². The lowest BCUT2D eigenvalue weighted by Gasteiger charge is -2.13. The third-order valence-electron chi connectivity index (χ3n) is 3.70. The Balaban J connectivity index is 1.99. The van der Waals surface area contributed by atoms with Crippen LogP contribution in [0.2, 0.25) is 0 Å². The van der Waals surface area contributed by atoms with Crippen molar-refractivity contribution < 1.29 is 9.53 Å². The number of carbonyl (C=O) groups is 1. The van der Waals surface area contributed by atoms with E-state index in [0.29, 0.717) is 5.78 Å². The second kappa shape index (κ2) is 6.69. The van der Waals surface area contributed by atoms with Crippen LogP contribution in [0.5, 0.6) is 0 Å².